The first kappa shape index (κ1) is 27.0. The third-order valence-electron chi connectivity index (χ3n) is 5.26. The average molecular weight is 495 g/mol. The van der Waals surface area contributed by atoms with Crippen LogP contribution in [-0.4, -0.2) is 42.2 Å². The lowest BCUT2D eigenvalue weighted by Gasteiger charge is -2.30. The number of nitrogens with zero attached hydrogens (tertiary/aromatic N) is 1. The second-order valence-corrected chi connectivity index (χ2v) is 9.02. The fourth-order valence-electron chi connectivity index (χ4n) is 3.35. The van der Waals surface area contributed by atoms with Gasteiger partial charge in [-0.25, -0.2) is 4.39 Å². The summed E-state index contributed by atoms with van der Waals surface area (Å²) < 4.78 is 19.3. The molecule has 5 nitrogen and oxygen atoms in total. The highest BCUT2D eigenvalue weighted by Gasteiger charge is 2.28. The molecule has 180 valence electrons. The summed E-state index contributed by atoms with van der Waals surface area (Å²) in [5.74, 6) is 0.375. The first-order valence-electron chi connectivity index (χ1n) is 11.1. The molecular formula is C25H32ClFN2O3S. The Morgan fingerprint density at radius 1 is 1.18 bits per heavy atom. The van der Waals surface area contributed by atoms with Crippen LogP contribution in [0.1, 0.15) is 44.2 Å². The van der Waals surface area contributed by atoms with E-state index in [1.165, 1.54) is 17.8 Å². The Labute approximate surface area is 205 Å². The first-order chi connectivity index (χ1) is 15.9. The summed E-state index contributed by atoms with van der Waals surface area (Å²) in [4.78, 5) is 27.7. The molecule has 8 heteroatoms. The Hall–Kier alpha value is -2.25. The fraction of sp³-hybridized carbons (Fsp3) is 0.440. The summed E-state index contributed by atoms with van der Waals surface area (Å²) in [5.41, 5.74) is 1.27. The second kappa shape index (κ2) is 14.1. The predicted molar refractivity (Wildman–Crippen MR) is 133 cm³/mol. The number of carbonyl (C=O) groups excluding carboxylic acids is 2. The number of hydrogen-bond acceptors (Lipinski definition) is 4. The minimum atomic E-state index is -0.589. The number of amides is 2. The van der Waals surface area contributed by atoms with E-state index in [4.69, 9.17) is 16.3 Å². The molecule has 1 N–H and O–H groups in total. The van der Waals surface area contributed by atoms with E-state index in [0.717, 1.165) is 24.2 Å². The summed E-state index contributed by atoms with van der Waals surface area (Å²) in [6.45, 7) is 4.83. The summed E-state index contributed by atoms with van der Waals surface area (Å²) in [6.07, 6.45) is 2.35. The van der Waals surface area contributed by atoms with Crippen LogP contribution in [0, 0.1) is 5.82 Å². The number of hydrogen-bond donors (Lipinski definition) is 1. The highest BCUT2D eigenvalue weighted by molar-refractivity contribution is 7.99. The van der Waals surface area contributed by atoms with Crippen molar-refractivity contribution in [2.24, 2.45) is 0 Å². The standard InChI is InChI=1S/C25H32ClFN2O3S/c1-4-6-14-28-25(31)23(5-2)29(15-18-10-12-19(32-3)13-11-18)24(30)17-33-16-20-21(26)8-7-9-22(20)27/h7-13,23H,4-6,14-17H2,1-3H3,(H,28,31)/t23-/m0/s1. The molecule has 0 spiro atoms. The van der Waals surface area contributed by atoms with Gasteiger partial charge in [0.25, 0.3) is 0 Å². The van der Waals surface area contributed by atoms with Gasteiger partial charge in [-0.2, -0.15) is 0 Å². The van der Waals surface area contributed by atoms with Crippen molar-refractivity contribution in [1.82, 2.24) is 10.2 Å². The zero-order valence-electron chi connectivity index (χ0n) is 19.4. The van der Waals surface area contributed by atoms with Crippen LogP contribution >= 0.6 is 23.4 Å². The highest BCUT2D eigenvalue weighted by Crippen LogP contribution is 2.25. The SMILES string of the molecule is CCCCNC(=O)[C@H](CC)N(Cc1ccc(OC)cc1)C(=O)CSCc1c(F)cccc1Cl. The number of nitrogens with one attached hydrogen (secondary N) is 1. The van der Waals surface area contributed by atoms with Gasteiger partial charge in [0, 0.05) is 29.4 Å². The van der Waals surface area contributed by atoms with Crippen LogP contribution in [0.3, 0.4) is 0 Å². The van der Waals surface area contributed by atoms with Gasteiger partial charge in [-0.05, 0) is 42.7 Å². The molecule has 0 aromatic heterocycles. The topological polar surface area (TPSA) is 58.6 Å². The largest absolute Gasteiger partial charge is 0.497 e. The molecule has 2 amide bonds. The molecule has 0 aliphatic heterocycles. The number of rotatable bonds is 13. The maximum absolute atomic E-state index is 14.1. The number of carbonyl (C=O) groups is 2. The van der Waals surface area contributed by atoms with Gasteiger partial charge in [0.15, 0.2) is 0 Å². The smallest absolute Gasteiger partial charge is 0.242 e. The lowest BCUT2D eigenvalue weighted by molar-refractivity contribution is -0.139. The average Bonchev–Trinajstić information content (AvgIpc) is 2.81. The Morgan fingerprint density at radius 3 is 2.52 bits per heavy atom. The van der Waals surface area contributed by atoms with Gasteiger partial charge in [0.05, 0.1) is 12.9 Å². The van der Waals surface area contributed by atoms with E-state index < -0.39 is 6.04 Å². The van der Waals surface area contributed by atoms with Crippen molar-refractivity contribution in [3.63, 3.8) is 0 Å². The molecule has 0 fully saturated rings. The van der Waals surface area contributed by atoms with Gasteiger partial charge in [-0.1, -0.05) is 50.1 Å². The van der Waals surface area contributed by atoms with Crippen LogP contribution < -0.4 is 10.1 Å². The number of ether oxygens (including phenoxy) is 1. The van der Waals surface area contributed by atoms with E-state index in [9.17, 15) is 14.0 Å². The van der Waals surface area contributed by atoms with Gasteiger partial charge in [0.2, 0.25) is 11.8 Å². The monoisotopic (exact) mass is 494 g/mol. The van der Waals surface area contributed by atoms with Crippen LogP contribution in [0.5, 0.6) is 5.75 Å². The fourth-order valence-corrected chi connectivity index (χ4v) is 4.60. The van der Waals surface area contributed by atoms with Crippen molar-refractivity contribution in [1.29, 1.82) is 0 Å². The van der Waals surface area contributed by atoms with Crippen LogP contribution in [0.15, 0.2) is 42.5 Å². The molecule has 1 atom stereocenters. The van der Waals surface area contributed by atoms with E-state index in [1.807, 2.05) is 31.2 Å². The Bertz CT molecular complexity index is 891. The Morgan fingerprint density at radius 2 is 1.91 bits per heavy atom. The minimum Gasteiger partial charge on any atom is -0.497 e. The van der Waals surface area contributed by atoms with Gasteiger partial charge in [-0.15, -0.1) is 11.8 Å². The summed E-state index contributed by atoms with van der Waals surface area (Å²) in [5, 5.41) is 3.28. The Balaban J connectivity index is 2.14. The van der Waals surface area contributed by atoms with E-state index >= 15 is 0 Å². The van der Waals surface area contributed by atoms with Gasteiger partial charge >= 0.3 is 0 Å². The molecule has 33 heavy (non-hydrogen) atoms. The highest BCUT2D eigenvalue weighted by atomic mass is 35.5. The molecule has 2 rings (SSSR count). The third kappa shape index (κ3) is 8.23. The zero-order chi connectivity index (χ0) is 24.2. The molecule has 0 bridgehead atoms. The van der Waals surface area contributed by atoms with E-state index in [2.05, 4.69) is 12.2 Å². The predicted octanol–water partition coefficient (Wildman–Crippen LogP) is 5.44. The van der Waals surface area contributed by atoms with Gasteiger partial charge < -0.3 is 15.0 Å². The molecule has 0 saturated carbocycles. The quantitative estimate of drug-likeness (QED) is 0.376. The first-order valence-corrected chi connectivity index (χ1v) is 12.6. The van der Waals surface area contributed by atoms with Crippen molar-refractivity contribution in [2.75, 3.05) is 19.4 Å². The number of thioether (sulfide) groups is 1. The number of halogens is 2. The van der Waals surface area contributed by atoms with Crippen LogP contribution in [0.25, 0.3) is 0 Å². The summed E-state index contributed by atoms with van der Waals surface area (Å²) >= 11 is 7.38. The van der Waals surface area contributed by atoms with Crippen molar-refractivity contribution in [2.45, 2.75) is 51.4 Å². The molecule has 0 unspecified atom stereocenters. The molecule has 0 heterocycles. The molecule has 0 aliphatic carbocycles. The number of benzene rings is 2. The molecular weight excluding hydrogens is 463 g/mol. The van der Waals surface area contributed by atoms with Crippen molar-refractivity contribution < 1.29 is 18.7 Å². The summed E-state index contributed by atoms with van der Waals surface area (Å²) in [7, 11) is 1.59. The molecule has 2 aromatic rings. The zero-order valence-corrected chi connectivity index (χ0v) is 21.0. The molecule has 0 aliphatic rings. The molecule has 2 aromatic carbocycles. The summed E-state index contributed by atoms with van der Waals surface area (Å²) in [6, 6.07) is 11.4. The van der Waals surface area contributed by atoms with E-state index in [-0.39, 0.29) is 29.1 Å². The lowest BCUT2D eigenvalue weighted by Crippen LogP contribution is -2.49. The Kier molecular flexibility index (Phi) is 11.5. The normalized spacial score (nSPS) is 11.7. The maximum Gasteiger partial charge on any atom is 0.242 e. The van der Waals surface area contributed by atoms with Gasteiger partial charge in [-0.3, -0.25) is 9.59 Å². The number of unbranched alkanes of at least 4 members (excludes halogenated alkanes) is 1. The third-order valence-corrected chi connectivity index (χ3v) is 6.56. The van der Waals surface area contributed by atoms with Crippen molar-refractivity contribution >= 4 is 35.2 Å². The maximum atomic E-state index is 14.1. The lowest BCUT2D eigenvalue weighted by atomic mass is 10.1. The van der Waals surface area contributed by atoms with Gasteiger partial charge in [0.1, 0.15) is 17.6 Å². The van der Waals surface area contributed by atoms with Crippen molar-refractivity contribution in [3.8, 4) is 5.75 Å². The van der Waals surface area contributed by atoms with Crippen molar-refractivity contribution in [3.05, 3.63) is 64.4 Å². The molecule has 0 saturated heterocycles. The second-order valence-electron chi connectivity index (χ2n) is 7.63. The van der Waals surface area contributed by atoms with E-state index in [1.54, 1.807) is 24.1 Å². The molecule has 0 radical (unpaired) electrons. The minimum absolute atomic E-state index is 0.111. The van der Waals surface area contributed by atoms with Crippen LogP contribution in [0.2, 0.25) is 5.02 Å². The van der Waals surface area contributed by atoms with Crippen LogP contribution in [-0.2, 0) is 21.9 Å². The van der Waals surface area contributed by atoms with E-state index in [0.29, 0.717) is 30.1 Å². The van der Waals surface area contributed by atoms with Crippen LogP contribution in [0.4, 0.5) is 4.39 Å². The number of methoxy groups -OCH3 is 1.